The van der Waals surface area contributed by atoms with Crippen LogP contribution in [0.2, 0.25) is 10.0 Å². The number of aromatic nitrogens is 4. The van der Waals surface area contributed by atoms with Crippen molar-refractivity contribution in [3.8, 4) is 22.9 Å². The highest BCUT2D eigenvalue weighted by molar-refractivity contribution is 14.1. The van der Waals surface area contributed by atoms with Crippen LogP contribution in [0.5, 0.6) is 5.75 Å². The lowest BCUT2D eigenvalue weighted by Crippen LogP contribution is -2.39. The van der Waals surface area contributed by atoms with Gasteiger partial charge in [0.1, 0.15) is 12.2 Å². The van der Waals surface area contributed by atoms with Gasteiger partial charge in [0, 0.05) is 41.9 Å². The van der Waals surface area contributed by atoms with Gasteiger partial charge in [-0.3, -0.25) is 4.79 Å². The van der Waals surface area contributed by atoms with E-state index in [-0.39, 0.29) is 23.1 Å². The quantitative estimate of drug-likeness (QED) is 0.473. The van der Waals surface area contributed by atoms with Crippen LogP contribution in [0, 0.1) is 14.9 Å². The van der Waals surface area contributed by atoms with Crippen molar-refractivity contribution in [2.24, 2.45) is 0 Å². The monoisotopic (exact) mass is 568 g/mol. The molecule has 31 heavy (non-hydrogen) atoms. The SMILES string of the molecule is N#Cc1n[nH]c(=O)c(-c2ccc(Cl)c(Cl)c2)c1OC1CCN(c2ncc(I)cn2)CC1. The van der Waals surface area contributed by atoms with Crippen molar-refractivity contribution in [2.45, 2.75) is 18.9 Å². The minimum Gasteiger partial charge on any atom is -0.486 e. The van der Waals surface area contributed by atoms with Crippen molar-refractivity contribution in [3.05, 3.63) is 60.3 Å². The molecule has 158 valence electrons. The molecule has 1 fully saturated rings. The van der Waals surface area contributed by atoms with E-state index in [1.165, 1.54) is 0 Å². The molecule has 1 aliphatic rings. The molecule has 1 aliphatic heterocycles. The van der Waals surface area contributed by atoms with E-state index in [1.807, 2.05) is 6.07 Å². The molecule has 0 saturated carbocycles. The first kappa shape index (κ1) is 21.8. The molecule has 11 heteroatoms. The van der Waals surface area contributed by atoms with Crippen LogP contribution >= 0.6 is 45.8 Å². The van der Waals surface area contributed by atoms with E-state index in [1.54, 1.807) is 30.6 Å². The van der Waals surface area contributed by atoms with Gasteiger partial charge in [0.25, 0.3) is 5.56 Å². The molecule has 1 aromatic carbocycles. The molecule has 0 spiro atoms. The molecule has 3 aromatic rings. The molecule has 1 saturated heterocycles. The largest absolute Gasteiger partial charge is 0.486 e. The second kappa shape index (κ2) is 9.38. The number of hydrogen-bond donors (Lipinski definition) is 1. The van der Waals surface area contributed by atoms with Crippen LogP contribution in [-0.2, 0) is 0 Å². The highest BCUT2D eigenvalue weighted by atomic mass is 127. The molecule has 4 rings (SSSR count). The highest BCUT2D eigenvalue weighted by Crippen LogP contribution is 2.34. The van der Waals surface area contributed by atoms with E-state index in [4.69, 9.17) is 27.9 Å². The Morgan fingerprint density at radius 3 is 2.55 bits per heavy atom. The van der Waals surface area contributed by atoms with Gasteiger partial charge in [-0.1, -0.05) is 29.3 Å². The summed E-state index contributed by atoms with van der Waals surface area (Å²) >= 11 is 14.3. The van der Waals surface area contributed by atoms with E-state index >= 15 is 0 Å². The number of ether oxygens (including phenoxy) is 1. The first-order chi connectivity index (χ1) is 15.0. The highest BCUT2D eigenvalue weighted by Gasteiger charge is 2.26. The summed E-state index contributed by atoms with van der Waals surface area (Å²) in [6.07, 6.45) is 4.70. The average Bonchev–Trinajstić information content (AvgIpc) is 2.77. The summed E-state index contributed by atoms with van der Waals surface area (Å²) in [5.74, 6) is 0.819. The first-order valence-corrected chi connectivity index (χ1v) is 11.2. The zero-order valence-electron chi connectivity index (χ0n) is 16.0. The molecule has 0 unspecified atom stereocenters. The van der Waals surface area contributed by atoms with Crippen LogP contribution in [0.25, 0.3) is 11.1 Å². The van der Waals surface area contributed by atoms with Gasteiger partial charge in [-0.25, -0.2) is 15.1 Å². The predicted molar refractivity (Wildman–Crippen MR) is 126 cm³/mol. The van der Waals surface area contributed by atoms with Crippen LogP contribution in [0.1, 0.15) is 18.5 Å². The topological polar surface area (TPSA) is 108 Å². The molecular formula is C20H15Cl2IN6O2. The standard InChI is InChI=1S/C20H15Cl2IN6O2/c21-14-2-1-11(7-15(14)22)17-18(16(8-24)27-28-19(17)30)31-13-3-5-29(6-4-13)20-25-9-12(23)10-26-20/h1-2,7,9-10,13H,3-6H2,(H,28,30). The fourth-order valence-corrected chi connectivity index (χ4v) is 3.92. The number of piperidine rings is 1. The van der Waals surface area contributed by atoms with Crippen molar-refractivity contribution in [1.82, 2.24) is 20.2 Å². The van der Waals surface area contributed by atoms with Crippen molar-refractivity contribution in [1.29, 1.82) is 5.26 Å². The zero-order valence-corrected chi connectivity index (χ0v) is 19.6. The van der Waals surface area contributed by atoms with E-state index in [0.29, 0.717) is 47.5 Å². The number of hydrogen-bond acceptors (Lipinski definition) is 7. The molecule has 3 heterocycles. The summed E-state index contributed by atoms with van der Waals surface area (Å²) in [7, 11) is 0. The maximum Gasteiger partial charge on any atom is 0.275 e. The van der Waals surface area contributed by atoms with Crippen molar-refractivity contribution in [2.75, 3.05) is 18.0 Å². The fraction of sp³-hybridized carbons (Fsp3) is 0.250. The lowest BCUT2D eigenvalue weighted by atomic mass is 10.0. The van der Waals surface area contributed by atoms with Crippen LogP contribution in [-0.4, -0.2) is 39.4 Å². The molecule has 0 radical (unpaired) electrons. The number of benzene rings is 1. The Hall–Kier alpha value is -2.42. The van der Waals surface area contributed by atoms with Gasteiger partial charge in [-0.2, -0.15) is 10.4 Å². The third-order valence-corrected chi connectivity index (χ3v) is 6.16. The number of anilines is 1. The van der Waals surface area contributed by atoms with E-state index < -0.39 is 5.56 Å². The van der Waals surface area contributed by atoms with Crippen LogP contribution in [0.3, 0.4) is 0 Å². The van der Waals surface area contributed by atoms with Gasteiger partial charge >= 0.3 is 0 Å². The average molecular weight is 569 g/mol. The summed E-state index contributed by atoms with van der Waals surface area (Å²) in [6, 6.07) is 6.81. The molecule has 8 nitrogen and oxygen atoms in total. The minimum absolute atomic E-state index is 0.00377. The number of halogens is 3. The van der Waals surface area contributed by atoms with Crippen molar-refractivity contribution < 1.29 is 4.74 Å². The molecule has 1 N–H and O–H groups in total. The summed E-state index contributed by atoms with van der Waals surface area (Å²) in [4.78, 5) is 23.4. The van der Waals surface area contributed by atoms with Crippen LogP contribution < -0.4 is 15.2 Å². The maximum absolute atomic E-state index is 12.6. The number of nitrogens with zero attached hydrogens (tertiary/aromatic N) is 5. The second-order valence-electron chi connectivity index (χ2n) is 6.85. The third kappa shape index (κ3) is 4.76. The zero-order chi connectivity index (χ0) is 22.0. The molecule has 0 atom stereocenters. The second-order valence-corrected chi connectivity index (χ2v) is 8.91. The van der Waals surface area contributed by atoms with E-state index in [9.17, 15) is 10.1 Å². The lowest BCUT2D eigenvalue weighted by Gasteiger charge is -2.32. The van der Waals surface area contributed by atoms with E-state index in [2.05, 4.69) is 47.7 Å². The van der Waals surface area contributed by atoms with Crippen LogP contribution in [0.15, 0.2) is 35.4 Å². The van der Waals surface area contributed by atoms with Gasteiger partial charge in [0.05, 0.1) is 15.6 Å². The lowest BCUT2D eigenvalue weighted by molar-refractivity contribution is 0.169. The smallest absolute Gasteiger partial charge is 0.275 e. The predicted octanol–water partition coefficient (Wildman–Crippen LogP) is 4.06. The van der Waals surface area contributed by atoms with Crippen molar-refractivity contribution in [3.63, 3.8) is 0 Å². The number of nitriles is 1. The normalized spacial score (nSPS) is 14.3. The fourth-order valence-electron chi connectivity index (χ4n) is 3.35. The molecule has 0 bridgehead atoms. The summed E-state index contributed by atoms with van der Waals surface area (Å²) in [5.41, 5.74) is 0.226. The number of aromatic amines is 1. The third-order valence-electron chi connectivity index (χ3n) is 4.87. The summed E-state index contributed by atoms with van der Waals surface area (Å²) in [5, 5.41) is 16.4. The summed E-state index contributed by atoms with van der Waals surface area (Å²) in [6.45, 7) is 1.37. The molecular weight excluding hydrogens is 554 g/mol. The number of H-pyrrole nitrogens is 1. The van der Waals surface area contributed by atoms with E-state index in [0.717, 1.165) is 3.57 Å². The Morgan fingerprint density at radius 1 is 1.19 bits per heavy atom. The molecule has 0 aliphatic carbocycles. The number of nitrogens with one attached hydrogen (secondary N) is 1. The Kier molecular flexibility index (Phi) is 6.60. The van der Waals surface area contributed by atoms with Crippen molar-refractivity contribution >= 4 is 51.7 Å². The Balaban J connectivity index is 1.59. The minimum atomic E-state index is -0.475. The first-order valence-electron chi connectivity index (χ1n) is 9.33. The Bertz CT molecular complexity index is 1200. The summed E-state index contributed by atoms with van der Waals surface area (Å²) < 4.78 is 7.14. The maximum atomic E-state index is 12.6. The van der Waals surface area contributed by atoms with Gasteiger partial charge in [0.2, 0.25) is 11.6 Å². The van der Waals surface area contributed by atoms with Gasteiger partial charge in [-0.15, -0.1) is 0 Å². The number of rotatable bonds is 4. The molecule has 2 aromatic heterocycles. The Labute approximate surface area is 201 Å². The Morgan fingerprint density at radius 2 is 1.90 bits per heavy atom. The van der Waals surface area contributed by atoms with Gasteiger partial charge in [0.15, 0.2) is 5.75 Å². The van der Waals surface area contributed by atoms with Crippen LogP contribution in [0.4, 0.5) is 5.95 Å². The van der Waals surface area contributed by atoms with Gasteiger partial charge < -0.3 is 9.64 Å². The van der Waals surface area contributed by atoms with Gasteiger partial charge in [-0.05, 0) is 40.3 Å². The molecule has 0 amide bonds.